The lowest BCUT2D eigenvalue weighted by Crippen LogP contribution is -2.35. The van der Waals surface area contributed by atoms with E-state index >= 15 is 0 Å². The van der Waals surface area contributed by atoms with Gasteiger partial charge < -0.3 is 0 Å². The van der Waals surface area contributed by atoms with Crippen molar-refractivity contribution in [3.63, 3.8) is 0 Å². The highest BCUT2D eigenvalue weighted by Gasteiger charge is 3.00. The molecule has 4 aliphatic rings. The monoisotopic (exact) mass is 148 g/mol. The molecular weight excluding hydrogens is 132 g/mol. The molecule has 0 amide bonds. The number of hydrogen-bond acceptors (Lipinski definition) is 0. The van der Waals surface area contributed by atoms with E-state index in [9.17, 15) is 0 Å². The average molecular weight is 148 g/mol. The Labute approximate surface area is 68.4 Å². The molecule has 4 fully saturated rings. The van der Waals surface area contributed by atoms with Crippen LogP contribution in [0, 0.1) is 40.9 Å². The third-order valence-electron chi connectivity index (χ3n) is 5.63. The van der Waals surface area contributed by atoms with E-state index in [1.807, 2.05) is 0 Å². The van der Waals surface area contributed by atoms with Gasteiger partial charge in [0, 0.05) is 0 Å². The molecule has 0 aromatic rings. The second-order valence-corrected chi connectivity index (χ2v) is 5.39. The largest absolute Gasteiger partial charge is 0.0654 e. The van der Waals surface area contributed by atoms with Gasteiger partial charge in [0.2, 0.25) is 0 Å². The van der Waals surface area contributed by atoms with Gasteiger partial charge in [0.1, 0.15) is 0 Å². The lowest BCUT2D eigenvalue weighted by molar-refractivity contribution is 0.0776. The van der Waals surface area contributed by atoms with Gasteiger partial charge in [0.15, 0.2) is 0 Å². The second-order valence-electron chi connectivity index (χ2n) is 5.39. The fourth-order valence-electron chi connectivity index (χ4n) is 5.53. The van der Waals surface area contributed by atoms with Crippen molar-refractivity contribution in [2.24, 2.45) is 40.9 Å². The van der Waals surface area contributed by atoms with Crippen LogP contribution in [0.5, 0.6) is 0 Å². The lowest BCUT2D eigenvalue weighted by atomic mass is 9.65. The Bertz CT molecular complexity index is 234. The molecule has 0 aliphatic heterocycles. The summed E-state index contributed by atoms with van der Waals surface area (Å²) in [5.74, 6) is 7.41. The number of fused-ring (bicyclic) bond motifs is 2. The van der Waals surface area contributed by atoms with Crippen LogP contribution in [0.4, 0.5) is 0 Å². The van der Waals surface area contributed by atoms with Gasteiger partial charge in [0.05, 0.1) is 0 Å². The standard InChI is InChI=1S/C11H16/c1-3-4-6-7-8-9-5(2)11(6,9)10(7)8/h5-10H,3-4H2,1-2H3. The van der Waals surface area contributed by atoms with Crippen LogP contribution in [-0.4, -0.2) is 0 Å². The third kappa shape index (κ3) is 0.290. The van der Waals surface area contributed by atoms with Crippen molar-refractivity contribution in [2.45, 2.75) is 26.7 Å². The average Bonchev–Trinajstić information content (AvgIpc) is 2.63. The molecule has 7 atom stereocenters. The number of rotatable bonds is 2. The molecule has 7 unspecified atom stereocenters. The Morgan fingerprint density at radius 3 is 2.45 bits per heavy atom. The third-order valence-corrected chi connectivity index (χ3v) is 5.63. The Morgan fingerprint density at radius 2 is 2.00 bits per heavy atom. The van der Waals surface area contributed by atoms with Gasteiger partial charge in [-0.05, 0) is 47.3 Å². The molecule has 4 rings (SSSR count). The van der Waals surface area contributed by atoms with E-state index in [0.717, 1.165) is 11.3 Å². The van der Waals surface area contributed by atoms with Crippen LogP contribution in [0.15, 0.2) is 0 Å². The molecule has 0 aromatic carbocycles. The Morgan fingerprint density at radius 1 is 1.18 bits per heavy atom. The first-order chi connectivity index (χ1) is 5.35. The van der Waals surface area contributed by atoms with Crippen LogP contribution in [0.2, 0.25) is 0 Å². The fraction of sp³-hybridized carbons (Fsp3) is 1.00. The number of hydrogen-bond donors (Lipinski definition) is 0. The van der Waals surface area contributed by atoms with Gasteiger partial charge in [-0.2, -0.15) is 0 Å². The topological polar surface area (TPSA) is 0 Å². The Kier molecular flexibility index (Phi) is 0.611. The van der Waals surface area contributed by atoms with E-state index in [1.165, 1.54) is 36.0 Å². The quantitative estimate of drug-likeness (QED) is 0.564. The molecule has 0 radical (unpaired) electrons. The van der Waals surface area contributed by atoms with Crippen LogP contribution >= 0.6 is 0 Å². The summed E-state index contributed by atoms with van der Waals surface area (Å²) < 4.78 is 0. The summed E-state index contributed by atoms with van der Waals surface area (Å²) in [5.41, 5.74) is 0.991. The zero-order chi connectivity index (χ0) is 7.38. The van der Waals surface area contributed by atoms with E-state index in [-0.39, 0.29) is 0 Å². The summed E-state index contributed by atoms with van der Waals surface area (Å²) in [4.78, 5) is 0. The Balaban J connectivity index is 1.68. The van der Waals surface area contributed by atoms with E-state index in [4.69, 9.17) is 0 Å². The van der Waals surface area contributed by atoms with Crippen LogP contribution in [0.1, 0.15) is 26.7 Å². The first-order valence-electron chi connectivity index (χ1n) is 5.35. The van der Waals surface area contributed by atoms with Crippen LogP contribution in [-0.2, 0) is 0 Å². The van der Waals surface area contributed by atoms with Crippen molar-refractivity contribution < 1.29 is 0 Å². The maximum Gasteiger partial charge on any atom is -0.0170 e. The maximum atomic E-state index is 2.51. The summed E-state index contributed by atoms with van der Waals surface area (Å²) in [6.07, 6.45) is 2.99. The normalized spacial score (nSPS) is 79.1. The summed E-state index contributed by atoms with van der Waals surface area (Å²) in [6.45, 7) is 4.86. The molecule has 0 bridgehead atoms. The zero-order valence-corrected chi connectivity index (χ0v) is 7.38. The molecule has 0 saturated heterocycles. The molecule has 0 aromatic heterocycles. The molecule has 0 nitrogen and oxygen atoms in total. The molecule has 0 heteroatoms. The van der Waals surface area contributed by atoms with Crippen LogP contribution in [0.3, 0.4) is 0 Å². The van der Waals surface area contributed by atoms with Crippen LogP contribution in [0.25, 0.3) is 0 Å². The molecule has 0 N–H and O–H groups in total. The van der Waals surface area contributed by atoms with Gasteiger partial charge in [-0.15, -0.1) is 0 Å². The van der Waals surface area contributed by atoms with Gasteiger partial charge in [-0.25, -0.2) is 0 Å². The Hall–Kier alpha value is 0. The molecule has 0 heterocycles. The minimum absolute atomic E-state index is 0.991. The first-order valence-corrected chi connectivity index (χ1v) is 5.35. The second kappa shape index (κ2) is 1.20. The maximum absolute atomic E-state index is 2.51. The molecule has 11 heavy (non-hydrogen) atoms. The minimum atomic E-state index is 0.991. The van der Waals surface area contributed by atoms with E-state index in [2.05, 4.69) is 13.8 Å². The molecule has 4 aliphatic carbocycles. The van der Waals surface area contributed by atoms with Gasteiger partial charge in [0.25, 0.3) is 0 Å². The zero-order valence-electron chi connectivity index (χ0n) is 7.38. The molecular formula is C11H16. The van der Waals surface area contributed by atoms with E-state index in [0.29, 0.717) is 0 Å². The predicted molar refractivity (Wildman–Crippen MR) is 44.0 cm³/mol. The van der Waals surface area contributed by atoms with Crippen LogP contribution < -0.4 is 0 Å². The van der Waals surface area contributed by atoms with Gasteiger partial charge >= 0.3 is 0 Å². The van der Waals surface area contributed by atoms with Gasteiger partial charge in [-0.3, -0.25) is 0 Å². The van der Waals surface area contributed by atoms with Gasteiger partial charge in [-0.1, -0.05) is 20.3 Å². The van der Waals surface area contributed by atoms with Crippen molar-refractivity contribution in [3.05, 3.63) is 0 Å². The summed E-state index contributed by atoms with van der Waals surface area (Å²) >= 11 is 0. The van der Waals surface area contributed by atoms with E-state index in [1.54, 1.807) is 6.42 Å². The molecule has 1 spiro atoms. The lowest BCUT2D eigenvalue weighted by Gasteiger charge is -2.39. The van der Waals surface area contributed by atoms with Crippen molar-refractivity contribution in [2.75, 3.05) is 0 Å². The fourth-order valence-corrected chi connectivity index (χ4v) is 5.53. The highest BCUT2D eigenvalue weighted by atomic mass is 15.0. The molecule has 4 saturated carbocycles. The predicted octanol–water partition coefficient (Wildman–Crippen LogP) is 2.54. The van der Waals surface area contributed by atoms with Crippen molar-refractivity contribution in [1.82, 2.24) is 0 Å². The summed E-state index contributed by atoms with van der Waals surface area (Å²) in [6, 6.07) is 0. The minimum Gasteiger partial charge on any atom is -0.0654 e. The van der Waals surface area contributed by atoms with Crippen molar-refractivity contribution in [3.8, 4) is 0 Å². The highest BCUT2D eigenvalue weighted by molar-refractivity contribution is 5.46. The smallest absolute Gasteiger partial charge is 0.0170 e. The first kappa shape index (κ1) is 5.61. The summed E-state index contributed by atoms with van der Waals surface area (Å²) in [7, 11) is 0. The SMILES string of the molecule is CCCC1C2C3C2C12C(C)C32. The van der Waals surface area contributed by atoms with Crippen molar-refractivity contribution in [1.29, 1.82) is 0 Å². The van der Waals surface area contributed by atoms with E-state index < -0.39 is 0 Å². The highest BCUT2D eigenvalue weighted by Crippen LogP contribution is 3.03. The van der Waals surface area contributed by atoms with Crippen molar-refractivity contribution >= 4 is 0 Å². The summed E-state index contributed by atoms with van der Waals surface area (Å²) in [5, 5.41) is 0. The molecule has 60 valence electrons.